The molecule has 0 unspecified atom stereocenters. The highest BCUT2D eigenvalue weighted by Crippen LogP contribution is 2.23. The summed E-state index contributed by atoms with van der Waals surface area (Å²) < 4.78 is 5.62. The Morgan fingerprint density at radius 2 is 1.92 bits per heavy atom. The van der Waals surface area contributed by atoms with Gasteiger partial charge >= 0.3 is 0 Å². The van der Waals surface area contributed by atoms with Gasteiger partial charge < -0.3 is 4.74 Å². The standard InChI is InChI=1S/C11H16OS/c1-8(2)12-10-5-9(3)6-11(7-10)13-4/h5-8H,1-4H3. The Kier molecular flexibility index (Phi) is 3.67. The van der Waals surface area contributed by atoms with Gasteiger partial charge in [0.05, 0.1) is 6.10 Å². The van der Waals surface area contributed by atoms with E-state index >= 15 is 0 Å². The summed E-state index contributed by atoms with van der Waals surface area (Å²) >= 11 is 1.74. The van der Waals surface area contributed by atoms with Crippen LogP contribution in [0.15, 0.2) is 23.1 Å². The van der Waals surface area contributed by atoms with E-state index in [9.17, 15) is 0 Å². The molecule has 72 valence electrons. The van der Waals surface area contributed by atoms with E-state index < -0.39 is 0 Å². The highest BCUT2D eigenvalue weighted by molar-refractivity contribution is 7.98. The SMILES string of the molecule is CSc1cc(C)cc(OC(C)C)c1. The van der Waals surface area contributed by atoms with Crippen LogP contribution in [0.3, 0.4) is 0 Å². The summed E-state index contributed by atoms with van der Waals surface area (Å²) in [5, 5.41) is 0. The second-order valence-electron chi connectivity index (χ2n) is 3.35. The van der Waals surface area contributed by atoms with Crippen molar-refractivity contribution >= 4 is 11.8 Å². The smallest absolute Gasteiger partial charge is 0.121 e. The lowest BCUT2D eigenvalue weighted by Gasteiger charge is -2.11. The van der Waals surface area contributed by atoms with E-state index in [1.807, 2.05) is 13.8 Å². The normalized spacial score (nSPS) is 10.5. The lowest BCUT2D eigenvalue weighted by atomic mass is 10.2. The molecule has 0 N–H and O–H groups in total. The Morgan fingerprint density at radius 3 is 2.46 bits per heavy atom. The van der Waals surface area contributed by atoms with E-state index in [0.717, 1.165) is 5.75 Å². The summed E-state index contributed by atoms with van der Waals surface area (Å²) in [6, 6.07) is 6.31. The van der Waals surface area contributed by atoms with Crippen molar-refractivity contribution in [2.75, 3.05) is 6.26 Å². The Balaban J connectivity index is 2.88. The van der Waals surface area contributed by atoms with Crippen molar-refractivity contribution in [2.45, 2.75) is 31.8 Å². The van der Waals surface area contributed by atoms with E-state index in [0.29, 0.717) is 0 Å². The number of aryl methyl sites for hydroxylation is 1. The van der Waals surface area contributed by atoms with Crippen LogP contribution in [-0.2, 0) is 0 Å². The van der Waals surface area contributed by atoms with Crippen molar-refractivity contribution in [3.8, 4) is 5.75 Å². The summed E-state index contributed by atoms with van der Waals surface area (Å²) in [7, 11) is 0. The lowest BCUT2D eigenvalue weighted by Crippen LogP contribution is -2.05. The monoisotopic (exact) mass is 196 g/mol. The fraction of sp³-hybridized carbons (Fsp3) is 0.455. The molecule has 1 aromatic carbocycles. The third-order valence-corrected chi connectivity index (χ3v) is 2.34. The van der Waals surface area contributed by atoms with Crippen LogP contribution in [0, 0.1) is 6.92 Å². The summed E-state index contributed by atoms with van der Waals surface area (Å²) in [5.41, 5.74) is 1.25. The molecular weight excluding hydrogens is 180 g/mol. The first-order valence-electron chi connectivity index (χ1n) is 4.44. The maximum Gasteiger partial charge on any atom is 0.121 e. The maximum atomic E-state index is 5.62. The van der Waals surface area contributed by atoms with Gasteiger partial charge in [0.15, 0.2) is 0 Å². The zero-order chi connectivity index (χ0) is 9.84. The van der Waals surface area contributed by atoms with E-state index in [1.54, 1.807) is 11.8 Å². The van der Waals surface area contributed by atoms with Gasteiger partial charge in [-0.3, -0.25) is 0 Å². The molecule has 0 aliphatic rings. The highest BCUT2D eigenvalue weighted by atomic mass is 32.2. The number of thioether (sulfide) groups is 1. The molecule has 0 amide bonds. The molecule has 0 radical (unpaired) electrons. The van der Waals surface area contributed by atoms with Crippen molar-refractivity contribution in [3.05, 3.63) is 23.8 Å². The predicted molar refractivity (Wildman–Crippen MR) is 58.7 cm³/mol. The fourth-order valence-corrected chi connectivity index (χ4v) is 1.71. The molecule has 0 saturated carbocycles. The molecule has 2 heteroatoms. The van der Waals surface area contributed by atoms with E-state index in [-0.39, 0.29) is 6.10 Å². The molecule has 0 spiro atoms. The van der Waals surface area contributed by atoms with Gasteiger partial charge in [0.2, 0.25) is 0 Å². The van der Waals surface area contributed by atoms with E-state index in [1.165, 1.54) is 10.5 Å². The second kappa shape index (κ2) is 4.56. The van der Waals surface area contributed by atoms with Gasteiger partial charge in [-0.15, -0.1) is 11.8 Å². The Labute approximate surface area is 84.5 Å². The summed E-state index contributed by atoms with van der Waals surface area (Å²) in [4.78, 5) is 1.26. The van der Waals surface area contributed by atoms with E-state index in [2.05, 4.69) is 31.4 Å². The Morgan fingerprint density at radius 1 is 1.23 bits per heavy atom. The fourth-order valence-electron chi connectivity index (χ4n) is 1.17. The third kappa shape index (κ3) is 3.31. The minimum Gasteiger partial charge on any atom is -0.491 e. The van der Waals surface area contributed by atoms with Crippen LogP contribution in [0.1, 0.15) is 19.4 Å². The maximum absolute atomic E-state index is 5.62. The number of ether oxygens (including phenoxy) is 1. The predicted octanol–water partition coefficient (Wildman–Crippen LogP) is 3.50. The summed E-state index contributed by atoms with van der Waals surface area (Å²) in [6.07, 6.45) is 2.32. The number of hydrogen-bond acceptors (Lipinski definition) is 2. The number of rotatable bonds is 3. The number of benzene rings is 1. The van der Waals surface area contributed by atoms with Crippen LogP contribution in [0.25, 0.3) is 0 Å². The molecule has 1 rings (SSSR count). The van der Waals surface area contributed by atoms with Gasteiger partial charge in [-0.1, -0.05) is 0 Å². The van der Waals surface area contributed by atoms with Crippen LogP contribution < -0.4 is 4.74 Å². The van der Waals surface area contributed by atoms with Crippen LogP contribution in [0.4, 0.5) is 0 Å². The van der Waals surface area contributed by atoms with Gasteiger partial charge in [-0.25, -0.2) is 0 Å². The third-order valence-electron chi connectivity index (χ3n) is 1.63. The average molecular weight is 196 g/mol. The topological polar surface area (TPSA) is 9.23 Å². The zero-order valence-corrected chi connectivity index (χ0v) is 9.44. The minimum atomic E-state index is 0.247. The van der Waals surface area contributed by atoms with Crippen molar-refractivity contribution < 1.29 is 4.74 Å². The van der Waals surface area contributed by atoms with Crippen molar-refractivity contribution in [1.82, 2.24) is 0 Å². The zero-order valence-electron chi connectivity index (χ0n) is 8.63. The molecule has 0 fully saturated rings. The summed E-state index contributed by atoms with van der Waals surface area (Å²) in [6.45, 7) is 6.18. The Bertz CT molecular complexity index is 281. The molecule has 0 bridgehead atoms. The molecule has 0 aliphatic carbocycles. The van der Waals surface area contributed by atoms with Crippen LogP contribution in [0.5, 0.6) is 5.75 Å². The molecule has 13 heavy (non-hydrogen) atoms. The van der Waals surface area contributed by atoms with Crippen molar-refractivity contribution in [3.63, 3.8) is 0 Å². The van der Waals surface area contributed by atoms with Crippen molar-refractivity contribution in [2.24, 2.45) is 0 Å². The number of hydrogen-bond donors (Lipinski definition) is 0. The molecule has 0 heterocycles. The Hall–Kier alpha value is -0.630. The quantitative estimate of drug-likeness (QED) is 0.684. The largest absolute Gasteiger partial charge is 0.491 e. The summed E-state index contributed by atoms with van der Waals surface area (Å²) in [5.74, 6) is 0.972. The van der Waals surface area contributed by atoms with Gasteiger partial charge in [0.1, 0.15) is 5.75 Å². The van der Waals surface area contributed by atoms with E-state index in [4.69, 9.17) is 4.74 Å². The second-order valence-corrected chi connectivity index (χ2v) is 4.23. The average Bonchev–Trinajstić information content (AvgIpc) is 2.01. The minimum absolute atomic E-state index is 0.247. The lowest BCUT2D eigenvalue weighted by molar-refractivity contribution is 0.241. The first kappa shape index (κ1) is 10.5. The van der Waals surface area contributed by atoms with Crippen molar-refractivity contribution in [1.29, 1.82) is 0 Å². The van der Waals surface area contributed by atoms with Gasteiger partial charge in [-0.05, 0) is 50.8 Å². The van der Waals surface area contributed by atoms with Crippen LogP contribution >= 0.6 is 11.8 Å². The molecule has 0 atom stereocenters. The molecule has 0 saturated heterocycles. The van der Waals surface area contributed by atoms with Gasteiger partial charge in [0.25, 0.3) is 0 Å². The van der Waals surface area contributed by atoms with Gasteiger partial charge in [-0.2, -0.15) is 0 Å². The molecule has 0 aromatic heterocycles. The molecule has 0 aliphatic heterocycles. The molecular formula is C11H16OS. The van der Waals surface area contributed by atoms with Gasteiger partial charge in [0, 0.05) is 4.90 Å². The first-order valence-corrected chi connectivity index (χ1v) is 5.66. The van der Waals surface area contributed by atoms with Crippen LogP contribution in [0.2, 0.25) is 0 Å². The molecule has 1 aromatic rings. The first-order chi connectivity index (χ1) is 6.11. The van der Waals surface area contributed by atoms with Crippen LogP contribution in [-0.4, -0.2) is 12.4 Å². The molecule has 1 nitrogen and oxygen atoms in total. The highest BCUT2D eigenvalue weighted by Gasteiger charge is 2.00.